The van der Waals surface area contributed by atoms with Crippen molar-refractivity contribution >= 4 is 29.9 Å². The van der Waals surface area contributed by atoms with Crippen molar-refractivity contribution in [2.75, 3.05) is 46.4 Å². The van der Waals surface area contributed by atoms with Crippen LogP contribution in [0.2, 0.25) is 0 Å². The van der Waals surface area contributed by atoms with E-state index in [2.05, 4.69) is 46.0 Å². The summed E-state index contributed by atoms with van der Waals surface area (Å²) in [7, 11) is 1.88. The third-order valence-corrected chi connectivity index (χ3v) is 5.77. The highest BCUT2D eigenvalue weighted by Crippen LogP contribution is 2.33. The highest BCUT2D eigenvalue weighted by atomic mass is 127. The summed E-state index contributed by atoms with van der Waals surface area (Å²) in [5.41, 5.74) is 1.18. The zero-order chi connectivity index (χ0) is 20.1. The first-order chi connectivity index (χ1) is 13.4. The molecular weight excluding hydrogens is 481 g/mol. The summed E-state index contributed by atoms with van der Waals surface area (Å²) < 4.78 is 11.3. The fraction of sp³-hybridized carbons (Fsp3) is 0.810. The summed E-state index contributed by atoms with van der Waals surface area (Å²) in [5, 5.41) is 7.74. The van der Waals surface area contributed by atoms with Crippen LogP contribution >= 0.6 is 24.0 Å². The van der Waals surface area contributed by atoms with Crippen LogP contribution in [0.4, 0.5) is 0 Å². The number of nitrogens with one attached hydrogen (secondary N) is 1. The van der Waals surface area contributed by atoms with Crippen LogP contribution < -0.4 is 5.32 Å². The van der Waals surface area contributed by atoms with Crippen LogP contribution in [0.5, 0.6) is 0 Å². The molecule has 1 aromatic heterocycles. The summed E-state index contributed by atoms with van der Waals surface area (Å²) in [4.78, 5) is 9.32. The van der Waals surface area contributed by atoms with E-state index in [1.165, 1.54) is 6.42 Å². The van der Waals surface area contributed by atoms with Crippen molar-refractivity contribution in [3.8, 4) is 0 Å². The van der Waals surface area contributed by atoms with Gasteiger partial charge in [-0.3, -0.25) is 9.89 Å². The van der Waals surface area contributed by atoms with Gasteiger partial charge in [-0.1, -0.05) is 25.9 Å². The quantitative estimate of drug-likeness (QED) is 0.375. The predicted octanol–water partition coefficient (Wildman–Crippen LogP) is 3.14. The number of rotatable bonds is 4. The number of hydrogen-bond donors (Lipinski definition) is 1. The van der Waals surface area contributed by atoms with Crippen molar-refractivity contribution in [2.24, 2.45) is 16.3 Å². The number of aromatic nitrogens is 1. The van der Waals surface area contributed by atoms with Crippen molar-refractivity contribution in [1.29, 1.82) is 0 Å². The lowest BCUT2D eigenvalue weighted by molar-refractivity contribution is -0.0836. The molecule has 2 aliphatic rings. The van der Waals surface area contributed by atoms with Gasteiger partial charge in [0.1, 0.15) is 5.76 Å². The molecule has 0 saturated carbocycles. The van der Waals surface area contributed by atoms with Gasteiger partial charge < -0.3 is 19.5 Å². The smallest absolute Gasteiger partial charge is 0.193 e. The Morgan fingerprint density at radius 3 is 2.59 bits per heavy atom. The first kappa shape index (κ1) is 24.4. The molecule has 0 amide bonds. The van der Waals surface area contributed by atoms with Crippen LogP contribution in [-0.4, -0.2) is 73.4 Å². The Bertz CT molecular complexity index is 650. The molecular formula is C21H38IN5O2. The van der Waals surface area contributed by atoms with Crippen LogP contribution in [0, 0.1) is 18.3 Å². The van der Waals surface area contributed by atoms with E-state index in [0.29, 0.717) is 12.0 Å². The van der Waals surface area contributed by atoms with Gasteiger partial charge in [0.25, 0.3) is 0 Å². The number of piperazine rings is 1. The van der Waals surface area contributed by atoms with Crippen LogP contribution in [0.15, 0.2) is 15.6 Å². The molecule has 2 saturated heterocycles. The Morgan fingerprint density at radius 1 is 1.28 bits per heavy atom. The summed E-state index contributed by atoms with van der Waals surface area (Å²) in [6, 6.07) is 2.02. The number of hydrogen-bond acceptors (Lipinski definition) is 5. The van der Waals surface area contributed by atoms with Crippen LogP contribution in [-0.2, 0) is 11.3 Å². The topological polar surface area (TPSA) is 66.1 Å². The Hall–Kier alpha value is -0.870. The molecule has 1 N–H and O–H groups in total. The molecule has 0 radical (unpaired) electrons. The summed E-state index contributed by atoms with van der Waals surface area (Å²) in [5.74, 6) is 2.41. The van der Waals surface area contributed by atoms with Crippen LogP contribution in [0.3, 0.4) is 0 Å². The van der Waals surface area contributed by atoms with Crippen molar-refractivity contribution in [3.05, 3.63) is 17.5 Å². The molecule has 7 nitrogen and oxygen atoms in total. The summed E-state index contributed by atoms with van der Waals surface area (Å²) >= 11 is 0. The second-order valence-electron chi connectivity index (χ2n) is 9.18. The van der Waals surface area contributed by atoms with E-state index in [4.69, 9.17) is 9.26 Å². The molecule has 3 heterocycles. The van der Waals surface area contributed by atoms with E-state index in [9.17, 15) is 0 Å². The lowest BCUT2D eigenvalue weighted by atomic mass is 9.78. The number of ether oxygens (including phenoxy) is 1. The number of guanidine groups is 1. The molecule has 0 aliphatic carbocycles. The molecule has 2 fully saturated rings. The molecule has 29 heavy (non-hydrogen) atoms. The van der Waals surface area contributed by atoms with Crippen molar-refractivity contribution < 1.29 is 9.26 Å². The SMILES string of the molecule is CN=C(NCC1CCCOC1C(C)(C)C)N1CCN(Cc2cc(C)on2)CC1.I. The average Bonchev–Trinajstić information content (AvgIpc) is 3.08. The van der Waals surface area contributed by atoms with Crippen molar-refractivity contribution in [1.82, 2.24) is 20.3 Å². The largest absolute Gasteiger partial charge is 0.377 e. The van der Waals surface area contributed by atoms with Gasteiger partial charge in [-0.25, -0.2) is 0 Å². The summed E-state index contributed by atoms with van der Waals surface area (Å²) in [6.45, 7) is 15.4. The van der Waals surface area contributed by atoms with Crippen LogP contribution in [0.1, 0.15) is 45.1 Å². The Kier molecular flexibility index (Phi) is 9.21. The monoisotopic (exact) mass is 519 g/mol. The minimum Gasteiger partial charge on any atom is -0.377 e. The Labute approximate surface area is 192 Å². The predicted molar refractivity (Wildman–Crippen MR) is 127 cm³/mol. The normalized spacial score (nSPS) is 24.3. The van der Waals surface area contributed by atoms with Gasteiger partial charge >= 0.3 is 0 Å². The van der Waals surface area contributed by atoms with Crippen molar-refractivity contribution in [2.45, 2.75) is 53.2 Å². The van der Waals surface area contributed by atoms with E-state index in [0.717, 1.165) is 69.7 Å². The zero-order valence-electron chi connectivity index (χ0n) is 18.6. The third kappa shape index (κ3) is 6.82. The Morgan fingerprint density at radius 2 is 2.00 bits per heavy atom. The Balaban J connectivity index is 0.00000300. The third-order valence-electron chi connectivity index (χ3n) is 5.77. The summed E-state index contributed by atoms with van der Waals surface area (Å²) in [6.07, 6.45) is 2.67. The van der Waals surface area contributed by atoms with E-state index in [1.807, 2.05) is 20.0 Å². The molecule has 166 valence electrons. The van der Waals surface area contributed by atoms with E-state index in [-0.39, 0.29) is 29.4 Å². The lowest BCUT2D eigenvalue weighted by Gasteiger charge is -2.41. The number of aliphatic imine (C=N–C) groups is 1. The van der Waals surface area contributed by atoms with E-state index < -0.39 is 0 Å². The first-order valence-electron chi connectivity index (χ1n) is 10.6. The molecule has 2 atom stereocenters. The lowest BCUT2D eigenvalue weighted by Crippen LogP contribution is -2.54. The fourth-order valence-electron chi connectivity index (χ4n) is 4.40. The van der Waals surface area contributed by atoms with Gasteiger partial charge in [0.2, 0.25) is 0 Å². The maximum Gasteiger partial charge on any atom is 0.193 e. The standard InChI is InChI=1S/C21H37N5O2.HI/c1-16-13-18(24-28-16)15-25-8-10-26(11-9-25)20(22-5)23-14-17-7-6-12-27-19(17)21(2,3)4;/h13,17,19H,6-12,14-15H2,1-5H3,(H,22,23);1H. The maximum absolute atomic E-state index is 6.13. The van der Waals surface area contributed by atoms with Crippen LogP contribution in [0.25, 0.3) is 0 Å². The highest BCUT2D eigenvalue weighted by Gasteiger charge is 2.35. The first-order valence-corrected chi connectivity index (χ1v) is 10.6. The molecule has 2 unspecified atom stereocenters. The second kappa shape index (κ2) is 10.9. The highest BCUT2D eigenvalue weighted by molar-refractivity contribution is 14.0. The molecule has 2 aliphatic heterocycles. The van der Waals surface area contributed by atoms with E-state index in [1.54, 1.807) is 0 Å². The minimum absolute atomic E-state index is 0. The molecule has 0 bridgehead atoms. The molecule has 0 aromatic carbocycles. The van der Waals surface area contributed by atoms with Gasteiger partial charge in [0.15, 0.2) is 5.96 Å². The number of nitrogens with zero attached hydrogens (tertiary/aromatic N) is 4. The van der Waals surface area contributed by atoms with E-state index >= 15 is 0 Å². The van der Waals surface area contributed by atoms with Crippen molar-refractivity contribution in [3.63, 3.8) is 0 Å². The van der Waals surface area contributed by atoms with Gasteiger partial charge in [0.05, 0.1) is 11.8 Å². The average molecular weight is 519 g/mol. The second-order valence-corrected chi connectivity index (χ2v) is 9.18. The maximum atomic E-state index is 6.13. The zero-order valence-corrected chi connectivity index (χ0v) is 20.9. The number of aryl methyl sites for hydroxylation is 1. The molecule has 1 aromatic rings. The van der Waals surface area contributed by atoms with Gasteiger partial charge in [0, 0.05) is 64.9 Å². The van der Waals surface area contributed by atoms with Gasteiger partial charge in [-0.15, -0.1) is 24.0 Å². The molecule has 0 spiro atoms. The van der Waals surface area contributed by atoms with Gasteiger partial charge in [-0.2, -0.15) is 0 Å². The number of halogens is 1. The molecule has 3 rings (SSSR count). The minimum atomic E-state index is 0. The molecule has 8 heteroatoms. The fourth-order valence-corrected chi connectivity index (χ4v) is 4.40. The van der Waals surface area contributed by atoms with Gasteiger partial charge in [-0.05, 0) is 25.2 Å².